The molecule has 1 aliphatic carbocycles. The number of carbonyl (C=O) groups is 1. The standard InChI is InChI=1S/C18H24FNO4S/c1-2-24-17(21)18(9-11-20(12-10-18)13-14-3-4-14)25(22,23)16-7-5-15(19)6-8-16/h5-8,14H,2-4,9-13H2,1H3. The maximum Gasteiger partial charge on any atom is 0.327 e. The third-order valence-electron chi connectivity index (χ3n) is 5.16. The van der Waals surface area contributed by atoms with Crippen LogP contribution in [0.4, 0.5) is 4.39 Å². The molecular weight excluding hydrogens is 345 g/mol. The lowest BCUT2D eigenvalue weighted by atomic mass is 9.95. The first-order valence-corrected chi connectivity index (χ1v) is 10.3. The zero-order chi connectivity index (χ0) is 18.1. The maximum atomic E-state index is 13.2. The Morgan fingerprint density at radius 2 is 1.84 bits per heavy atom. The summed E-state index contributed by atoms with van der Waals surface area (Å²) in [6.07, 6.45) is 2.87. The first kappa shape index (κ1) is 18.3. The molecule has 1 saturated heterocycles. The molecule has 2 fully saturated rings. The second-order valence-corrected chi connectivity index (χ2v) is 9.18. The lowest BCUT2D eigenvalue weighted by molar-refractivity contribution is -0.147. The van der Waals surface area contributed by atoms with E-state index in [2.05, 4.69) is 4.90 Å². The normalized spacial score (nSPS) is 21.0. The molecule has 1 aromatic rings. The molecule has 5 nitrogen and oxygen atoms in total. The summed E-state index contributed by atoms with van der Waals surface area (Å²) in [5.41, 5.74) is 0. The number of sulfone groups is 1. The molecule has 0 spiro atoms. The number of halogens is 1. The smallest absolute Gasteiger partial charge is 0.327 e. The molecule has 0 aromatic heterocycles. The fourth-order valence-corrected chi connectivity index (χ4v) is 5.39. The third-order valence-corrected chi connectivity index (χ3v) is 7.66. The average Bonchev–Trinajstić information content (AvgIpc) is 3.40. The fourth-order valence-electron chi connectivity index (χ4n) is 3.45. The van der Waals surface area contributed by atoms with Crippen LogP contribution in [0.3, 0.4) is 0 Å². The van der Waals surface area contributed by atoms with Crippen LogP contribution in [-0.4, -0.2) is 50.3 Å². The molecule has 25 heavy (non-hydrogen) atoms. The topological polar surface area (TPSA) is 63.7 Å². The number of piperidine rings is 1. The lowest BCUT2D eigenvalue weighted by Gasteiger charge is -2.39. The zero-order valence-electron chi connectivity index (χ0n) is 14.4. The zero-order valence-corrected chi connectivity index (χ0v) is 15.2. The number of hydrogen-bond acceptors (Lipinski definition) is 5. The molecule has 1 aliphatic heterocycles. The number of nitrogens with zero attached hydrogens (tertiary/aromatic N) is 1. The van der Waals surface area contributed by atoms with Gasteiger partial charge in [0.1, 0.15) is 5.82 Å². The van der Waals surface area contributed by atoms with Crippen LogP contribution in [-0.2, 0) is 19.4 Å². The molecule has 138 valence electrons. The molecule has 2 aliphatic rings. The molecule has 0 N–H and O–H groups in total. The van der Waals surface area contributed by atoms with E-state index in [0.29, 0.717) is 19.0 Å². The predicted octanol–water partition coefficient (Wildman–Crippen LogP) is 2.41. The van der Waals surface area contributed by atoms with Crippen LogP contribution in [0.5, 0.6) is 0 Å². The van der Waals surface area contributed by atoms with Crippen LogP contribution in [0.2, 0.25) is 0 Å². The predicted molar refractivity (Wildman–Crippen MR) is 91.3 cm³/mol. The molecule has 1 heterocycles. The van der Waals surface area contributed by atoms with Crippen LogP contribution in [0.1, 0.15) is 32.6 Å². The number of esters is 1. The van der Waals surface area contributed by atoms with Crippen molar-refractivity contribution in [1.29, 1.82) is 0 Å². The quantitative estimate of drug-likeness (QED) is 0.569. The molecule has 0 unspecified atom stereocenters. The fraction of sp³-hybridized carbons (Fsp3) is 0.611. The van der Waals surface area contributed by atoms with E-state index in [1.165, 1.54) is 25.0 Å². The lowest BCUT2D eigenvalue weighted by Crippen LogP contribution is -2.55. The number of rotatable bonds is 6. The van der Waals surface area contributed by atoms with Gasteiger partial charge in [0, 0.05) is 19.6 Å². The van der Waals surface area contributed by atoms with Gasteiger partial charge < -0.3 is 9.64 Å². The first-order chi connectivity index (χ1) is 11.9. The van der Waals surface area contributed by atoms with Crippen LogP contribution in [0.15, 0.2) is 29.2 Å². The van der Waals surface area contributed by atoms with Gasteiger partial charge in [0.2, 0.25) is 0 Å². The number of likely N-dealkylation sites (tertiary alicyclic amines) is 1. The van der Waals surface area contributed by atoms with Gasteiger partial charge in [-0.2, -0.15) is 0 Å². The highest BCUT2D eigenvalue weighted by molar-refractivity contribution is 7.93. The van der Waals surface area contributed by atoms with Crippen molar-refractivity contribution in [2.75, 3.05) is 26.2 Å². The summed E-state index contributed by atoms with van der Waals surface area (Å²) in [6.45, 7) is 3.87. The minimum atomic E-state index is -3.97. The van der Waals surface area contributed by atoms with Crippen LogP contribution in [0, 0.1) is 11.7 Å². The summed E-state index contributed by atoms with van der Waals surface area (Å²) < 4.78 is 43.2. The van der Waals surface area contributed by atoms with Crippen molar-refractivity contribution >= 4 is 15.8 Å². The molecule has 1 saturated carbocycles. The van der Waals surface area contributed by atoms with Crippen molar-refractivity contribution in [3.05, 3.63) is 30.1 Å². The van der Waals surface area contributed by atoms with Gasteiger partial charge in [0.15, 0.2) is 14.6 Å². The maximum absolute atomic E-state index is 13.2. The molecule has 3 rings (SSSR count). The Kier molecular flexibility index (Phi) is 5.16. The van der Waals surface area contributed by atoms with Gasteiger partial charge in [-0.1, -0.05) is 0 Å². The van der Waals surface area contributed by atoms with Crippen molar-refractivity contribution in [3.63, 3.8) is 0 Å². The second-order valence-electron chi connectivity index (χ2n) is 6.92. The molecule has 1 aromatic carbocycles. The molecular formula is C18H24FNO4S. The Hall–Kier alpha value is -1.47. The summed E-state index contributed by atoms with van der Waals surface area (Å²) in [5.74, 6) is -0.488. The Morgan fingerprint density at radius 1 is 1.24 bits per heavy atom. The van der Waals surface area contributed by atoms with Gasteiger partial charge in [-0.25, -0.2) is 12.8 Å². The van der Waals surface area contributed by atoms with Gasteiger partial charge >= 0.3 is 5.97 Å². The largest absolute Gasteiger partial charge is 0.465 e. The van der Waals surface area contributed by atoms with E-state index >= 15 is 0 Å². The number of benzene rings is 1. The molecule has 7 heteroatoms. The average molecular weight is 369 g/mol. The van der Waals surface area contributed by atoms with E-state index in [1.807, 2.05) is 0 Å². The van der Waals surface area contributed by atoms with Crippen molar-refractivity contribution in [2.45, 2.75) is 42.2 Å². The van der Waals surface area contributed by atoms with E-state index in [9.17, 15) is 17.6 Å². The molecule has 0 radical (unpaired) electrons. The van der Waals surface area contributed by atoms with E-state index in [0.717, 1.165) is 18.7 Å². The highest BCUT2D eigenvalue weighted by Gasteiger charge is 2.54. The Balaban J connectivity index is 1.89. The van der Waals surface area contributed by atoms with Crippen molar-refractivity contribution in [1.82, 2.24) is 4.90 Å². The van der Waals surface area contributed by atoms with Gasteiger partial charge in [0.25, 0.3) is 0 Å². The van der Waals surface area contributed by atoms with Gasteiger partial charge in [-0.3, -0.25) is 4.79 Å². The SMILES string of the molecule is CCOC(=O)C1(S(=O)(=O)c2ccc(F)cc2)CCN(CC2CC2)CC1. The van der Waals surface area contributed by atoms with Gasteiger partial charge in [-0.15, -0.1) is 0 Å². The third kappa shape index (κ3) is 3.58. The summed E-state index contributed by atoms with van der Waals surface area (Å²) in [6, 6.07) is 4.66. The van der Waals surface area contributed by atoms with E-state index in [1.54, 1.807) is 6.92 Å². The molecule has 0 bridgehead atoms. The minimum absolute atomic E-state index is 0.0300. The minimum Gasteiger partial charge on any atom is -0.465 e. The number of carbonyl (C=O) groups excluding carboxylic acids is 1. The summed E-state index contributed by atoms with van der Waals surface area (Å²) in [5, 5.41) is 0. The van der Waals surface area contributed by atoms with E-state index < -0.39 is 26.4 Å². The highest BCUT2D eigenvalue weighted by atomic mass is 32.2. The van der Waals surface area contributed by atoms with Crippen molar-refractivity contribution in [3.8, 4) is 0 Å². The van der Waals surface area contributed by atoms with Gasteiger partial charge in [0.05, 0.1) is 11.5 Å². The van der Waals surface area contributed by atoms with Crippen LogP contribution in [0.25, 0.3) is 0 Å². The van der Waals surface area contributed by atoms with Crippen LogP contribution >= 0.6 is 0 Å². The van der Waals surface area contributed by atoms with Crippen molar-refractivity contribution < 1.29 is 22.3 Å². The van der Waals surface area contributed by atoms with E-state index in [4.69, 9.17) is 4.74 Å². The Bertz CT molecular complexity index is 720. The van der Waals surface area contributed by atoms with Crippen LogP contribution < -0.4 is 0 Å². The van der Waals surface area contributed by atoms with E-state index in [-0.39, 0.29) is 24.3 Å². The summed E-state index contributed by atoms with van der Waals surface area (Å²) in [7, 11) is -3.97. The Labute approximate surface area is 148 Å². The number of ether oxygens (including phenoxy) is 1. The highest BCUT2D eigenvalue weighted by Crippen LogP contribution is 2.38. The monoisotopic (exact) mass is 369 g/mol. The summed E-state index contributed by atoms with van der Waals surface area (Å²) in [4.78, 5) is 14.9. The number of hydrogen-bond donors (Lipinski definition) is 0. The Morgan fingerprint density at radius 3 is 2.36 bits per heavy atom. The first-order valence-electron chi connectivity index (χ1n) is 8.79. The van der Waals surface area contributed by atoms with Crippen molar-refractivity contribution in [2.24, 2.45) is 5.92 Å². The van der Waals surface area contributed by atoms with Gasteiger partial charge in [-0.05, 0) is 62.8 Å². The molecule has 0 atom stereocenters. The summed E-state index contributed by atoms with van der Waals surface area (Å²) >= 11 is 0. The second kappa shape index (κ2) is 7.03. The molecule has 0 amide bonds.